The third-order valence-electron chi connectivity index (χ3n) is 5.97. The van der Waals surface area contributed by atoms with Gasteiger partial charge in [0.05, 0.1) is 31.1 Å². The molecule has 3 aromatic rings. The van der Waals surface area contributed by atoms with Gasteiger partial charge >= 0.3 is 0 Å². The van der Waals surface area contributed by atoms with E-state index < -0.39 is 0 Å². The van der Waals surface area contributed by atoms with E-state index in [9.17, 15) is 4.79 Å². The lowest BCUT2D eigenvalue weighted by molar-refractivity contribution is -0.117. The van der Waals surface area contributed by atoms with Crippen molar-refractivity contribution in [1.29, 1.82) is 0 Å². The smallest absolute Gasteiger partial charge is 0.239 e. The highest BCUT2D eigenvalue weighted by molar-refractivity contribution is 5.91. The van der Waals surface area contributed by atoms with E-state index in [1.165, 1.54) is 5.56 Å². The first-order valence-corrected chi connectivity index (χ1v) is 11.2. The first-order valence-electron chi connectivity index (χ1n) is 11.2. The summed E-state index contributed by atoms with van der Waals surface area (Å²) in [5, 5.41) is 7.60. The molecule has 5 rings (SSSR count). The molecular formula is C25H28N4O3. The lowest BCUT2D eigenvalue weighted by Crippen LogP contribution is -2.33. The van der Waals surface area contributed by atoms with E-state index >= 15 is 0 Å². The van der Waals surface area contributed by atoms with Crippen LogP contribution in [0.1, 0.15) is 36.6 Å². The van der Waals surface area contributed by atoms with E-state index in [-0.39, 0.29) is 11.9 Å². The average molecular weight is 433 g/mol. The van der Waals surface area contributed by atoms with Crippen LogP contribution in [0.5, 0.6) is 11.5 Å². The van der Waals surface area contributed by atoms with Gasteiger partial charge in [0.15, 0.2) is 11.5 Å². The molecule has 0 radical (unpaired) electrons. The van der Waals surface area contributed by atoms with E-state index in [1.807, 2.05) is 49.4 Å². The molecule has 7 heteroatoms. The Balaban J connectivity index is 1.30. The van der Waals surface area contributed by atoms with Crippen molar-refractivity contribution in [2.24, 2.45) is 0 Å². The Morgan fingerprint density at radius 2 is 1.88 bits per heavy atom. The van der Waals surface area contributed by atoms with Crippen LogP contribution in [0.2, 0.25) is 0 Å². The van der Waals surface area contributed by atoms with Crippen LogP contribution in [0.3, 0.4) is 0 Å². The maximum atomic E-state index is 13.0. The lowest BCUT2D eigenvalue weighted by Gasteiger charge is -2.25. The van der Waals surface area contributed by atoms with Gasteiger partial charge in [-0.1, -0.05) is 24.3 Å². The zero-order chi connectivity index (χ0) is 21.9. The number of ether oxygens (including phenoxy) is 2. The molecule has 3 heterocycles. The first-order chi connectivity index (χ1) is 15.7. The third kappa shape index (κ3) is 4.34. The number of rotatable bonds is 5. The molecule has 1 fully saturated rings. The van der Waals surface area contributed by atoms with Crippen molar-refractivity contribution in [3.63, 3.8) is 0 Å². The number of aryl methyl sites for hydroxylation is 1. The summed E-state index contributed by atoms with van der Waals surface area (Å²) in [6, 6.07) is 18.1. The van der Waals surface area contributed by atoms with Gasteiger partial charge in [-0.2, -0.15) is 5.10 Å². The van der Waals surface area contributed by atoms with Crippen molar-refractivity contribution in [1.82, 2.24) is 14.7 Å². The number of carbonyl (C=O) groups excluding carboxylic acids is 1. The molecule has 0 unspecified atom stereocenters. The highest BCUT2D eigenvalue weighted by atomic mass is 16.5. The minimum atomic E-state index is -0.0386. The standard InChI is InChI=1S/C25H28N4O3/c1-18-15-24(29(27-18)20-7-3-2-4-8-20)26-25(30)17-28-12-5-9-21(28)19-10-11-22-23(16-19)32-14-6-13-31-22/h2-4,7-8,10-11,15-16,21H,5-6,9,12-14,17H2,1H3,(H,26,30)/t21-/m0/s1. The quantitative estimate of drug-likeness (QED) is 0.657. The Kier molecular flexibility index (Phi) is 5.81. The molecule has 32 heavy (non-hydrogen) atoms. The van der Waals surface area contributed by atoms with Crippen molar-refractivity contribution in [2.45, 2.75) is 32.2 Å². The van der Waals surface area contributed by atoms with Gasteiger partial charge in [-0.25, -0.2) is 4.68 Å². The van der Waals surface area contributed by atoms with Crippen LogP contribution in [-0.4, -0.2) is 46.9 Å². The number of amides is 1. The molecule has 2 aliphatic rings. The Labute approximate surface area is 187 Å². The summed E-state index contributed by atoms with van der Waals surface area (Å²) in [6.45, 7) is 4.50. The number of hydrogen-bond acceptors (Lipinski definition) is 5. The van der Waals surface area contributed by atoms with Crippen molar-refractivity contribution >= 4 is 11.7 Å². The van der Waals surface area contributed by atoms with E-state index in [0.717, 1.165) is 48.7 Å². The predicted octanol–water partition coefficient (Wildman–Crippen LogP) is 4.12. The van der Waals surface area contributed by atoms with Gasteiger partial charge in [-0.15, -0.1) is 0 Å². The minimum Gasteiger partial charge on any atom is -0.490 e. The first kappa shape index (κ1) is 20.6. The monoisotopic (exact) mass is 432 g/mol. The minimum absolute atomic E-state index is 0.0386. The van der Waals surface area contributed by atoms with Crippen LogP contribution >= 0.6 is 0 Å². The molecule has 0 spiro atoms. The highest BCUT2D eigenvalue weighted by Gasteiger charge is 2.29. The van der Waals surface area contributed by atoms with Gasteiger partial charge in [0.2, 0.25) is 5.91 Å². The molecule has 0 aliphatic carbocycles. The van der Waals surface area contributed by atoms with Crippen LogP contribution in [-0.2, 0) is 4.79 Å². The fourth-order valence-electron chi connectivity index (χ4n) is 4.50. The fraction of sp³-hybridized carbons (Fsp3) is 0.360. The number of aromatic nitrogens is 2. The zero-order valence-electron chi connectivity index (χ0n) is 18.3. The molecule has 1 amide bonds. The van der Waals surface area contributed by atoms with Crippen molar-refractivity contribution in [3.8, 4) is 17.2 Å². The van der Waals surface area contributed by atoms with Crippen LogP contribution in [0, 0.1) is 6.92 Å². The molecular weight excluding hydrogens is 404 g/mol. The number of nitrogens with one attached hydrogen (secondary N) is 1. The zero-order valence-corrected chi connectivity index (χ0v) is 18.3. The highest BCUT2D eigenvalue weighted by Crippen LogP contribution is 2.37. The summed E-state index contributed by atoms with van der Waals surface area (Å²) in [5.41, 5.74) is 2.95. The van der Waals surface area contributed by atoms with Gasteiger partial charge in [0.25, 0.3) is 0 Å². The maximum Gasteiger partial charge on any atom is 0.239 e. The fourth-order valence-corrected chi connectivity index (χ4v) is 4.50. The number of likely N-dealkylation sites (tertiary alicyclic amines) is 1. The summed E-state index contributed by atoms with van der Waals surface area (Å²) >= 11 is 0. The Hall–Kier alpha value is -3.32. The Morgan fingerprint density at radius 3 is 2.72 bits per heavy atom. The van der Waals surface area contributed by atoms with Crippen molar-refractivity contribution in [3.05, 3.63) is 65.9 Å². The van der Waals surface area contributed by atoms with Gasteiger partial charge < -0.3 is 14.8 Å². The van der Waals surface area contributed by atoms with E-state index in [0.29, 0.717) is 25.6 Å². The van der Waals surface area contributed by atoms with Crippen molar-refractivity contribution < 1.29 is 14.3 Å². The predicted molar refractivity (Wildman–Crippen MR) is 123 cm³/mol. The lowest BCUT2D eigenvalue weighted by atomic mass is 10.0. The average Bonchev–Trinajstić information content (AvgIpc) is 3.32. The largest absolute Gasteiger partial charge is 0.490 e. The molecule has 1 aromatic heterocycles. The summed E-state index contributed by atoms with van der Waals surface area (Å²) in [5.74, 6) is 2.25. The molecule has 1 atom stereocenters. The number of benzene rings is 2. The molecule has 7 nitrogen and oxygen atoms in total. The molecule has 0 saturated carbocycles. The Bertz CT molecular complexity index is 1100. The van der Waals surface area contributed by atoms with E-state index in [1.54, 1.807) is 4.68 Å². The van der Waals surface area contributed by atoms with E-state index in [2.05, 4.69) is 27.4 Å². The number of anilines is 1. The number of carbonyl (C=O) groups is 1. The van der Waals surface area contributed by atoms with Crippen LogP contribution < -0.4 is 14.8 Å². The molecule has 0 bridgehead atoms. The number of para-hydroxylation sites is 1. The third-order valence-corrected chi connectivity index (χ3v) is 5.97. The summed E-state index contributed by atoms with van der Waals surface area (Å²) < 4.78 is 13.4. The number of nitrogens with zero attached hydrogens (tertiary/aromatic N) is 3. The summed E-state index contributed by atoms with van der Waals surface area (Å²) in [6.07, 6.45) is 2.97. The van der Waals surface area contributed by atoms with Crippen molar-refractivity contribution in [2.75, 3.05) is 31.6 Å². The van der Waals surface area contributed by atoms with E-state index in [4.69, 9.17) is 9.47 Å². The summed E-state index contributed by atoms with van der Waals surface area (Å²) in [4.78, 5) is 15.2. The molecule has 1 saturated heterocycles. The number of fused-ring (bicyclic) bond motifs is 1. The second-order valence-corrected chi connectivity index (χ2v) is 8.35. The topological polar surface area (TPSA) is 68.6 Å². The van der Waals surface area contributed by atoms with Gasteiger partial charge in [0.1, 0.15) is 5.82 Å². The number of hydrogen-bond donors (Lipinski definition) is 1. The van der Waals surface area contributed by atoms with Crippen LogP contribution in [0.15, 0.2) is 54.6 Å². The Morgan fingerprint density at radius 1 is 1.06 bits per heavy atom. The molecule has 2 aliphatic heterocycles. The normalized spacial score (nSPS) is 18.3. The maximum absolute atomic E-state index is 13.0. The van der Waals surface area contributed by atoms with Crippen LogP contribution in [0.4, 0.5) is 5.82 Å². The van der Waals surface area contributed by atoms with Gasteiger partial charge in [-0.05, 0) is 56.1 Å². The molecule has 2 aromatic carbocycles. The second-order valence-electron chi connectivity index (χ2n) is 8.35. The van der Waals surface area contributed by atoms with Crippen LogP contribution in [0.25, 0.3) is 5.69 Å². The SMILES string of the molecule is Cc1cc(NC(=O)CN2CCC[C@H]2c2ccc3c(c2)OCCCO3)n(-c2ccccc2)n1. The second kappa shape index (κ2) is 9.04. The molecule has 1 N–H and O–H groups in total. The summed E-state index contributed by atoms with van der Waals surface area (Å²) in [7, 11) is 0. The van der Waals surface area contributed by atoms with Gasteiger partial charge in [0, 0.05) is 18.5 Å². The van der Waals surface area contributed by atoms with Gasteiger partial charge in [-0.3, -0.25) is 9.69 Å². The molecule has 166 valence electrons.